The van der Waals surface area contributed by atoms with Crippen LogP contribution in [0.15, 0.2) is 0 Å². The van der Waals surface area contributed by atoms with Gasteiger partial charge in [-0.05, 0) is 6.42 Å². The molecule has 91 valence electrons. The first-order chi connectivity index (χ1) is 6.06. The molecule has 0 unspecified atom stereocenters. The van der Waals surface area contributed by atoms with Gasteiger partial charge in [-0.1, -0.05) is 32.6 Å². The average Bonchev–Trinajstić information content (AvgIpc) is 2.06. The van der Waals surface area contributed by atoms with Crippen molar-refractivity contribution >= 4 is 39.7 Å². The predicted molar refractivity (Wildman–Crippen MR) is 62.7 cm³/mol. The Labute approximate surface area is 115 Å². The molecule has 0 spiro atoms. The molecule has 0 rings (SSSR count). The minimum atomic E-state index is -3.71. The molecule has 0 saturated carbocycles. The van der Waals surface area contributed by atoms with E-state index in [4.69, 9.17) is 9.66 Å². The van der Waals surface area contributed by atoms with Gasteiger partial charge in [0.05, 0.1) is 5.75 Å². The van der Waals surface area contributed by atoms with Crippen molar-refractivity contribution in [3.63, 3.8) is 0 Å². The van der Waals surface area contributed by atoms with E-state index in [-0.39, 0.29) is 40.8 Å². The maximum Gasteiger partial charge on any atom is 0.264 e. The molecule has 0 aliphatic carbocycles. The van der Waals surface area contributed by atoms with Gasteiger partial charge in [0.25, 0.3) is 10.1 Å². The van der Waals surface area contributed by atoms with Gasteiger partial charge in [0.1, 0.15) is 0 Å². The molecule has 15 heavy (non-hydrogen) atoms. The Balaban J connectivity index is -0.000000142. The van der Waals surface area contributed by atoms with Crippen LogP contribution < -0.4 is 0 Å². The zero-order valence-electron chi connectivity index (χ0n) is 9.86. The molecular weight excluding hydrogens is 231 g/mol. The van der Waals surface area contributed by atoms with E-state index < -0.39 is 10.1 Å². The van der Waals surface area contributed by atoms with E-state index >= 15 is 0 Å². The molecule has 0 atom stereocenters. The molecule has 0 saturated heterocycles. The average molecular weight is 253 g/mol. The number of hydrogen-bond acceptors (Lipinski definition) is 3. The predicted octanol–water partition coefficient (Wildman–Crippen LogP) is 0.248. The van der Waals surface area contributed by atoms with Gasteiger partial charge >= 0.3 is 0 Å². The summed E-state index contributed by atoms with van der Waals surface area (Å²) in [5.74, 6) is -0.0866. The molecule has 0 fully saturated rings. The third kappa shape index (κ3) is 31.3. The van der Waals surface area contributed by atoms with Crippen molar-refractivity contribution in [1.29, 1.82) is 0 Å². The first kappa shape index (κ1) is 24.9. The second-order valence-corrected chi connectivity index (χ2v) is 4.27. The Bertz CT molecular complexity index is 181. The van der Waals surface area contributed by atoms with Gasteiger partial charge in [-0.2, -0.15) is 8.42 Å². The molecule has 0 aromatic heterocycles. The van der Waals surface area contributed by atoms with Crippen LogP contribution in [0.2, 0.25) is 0 Å². The maximum atomic E-state index is 10.2. The van der Waals surface area contributed by atoms with Crippen LogP contribution in [-0.4, -0.2) is 66.0 Å². The van der Waals surface area contributed by atoms with Gasteiger partial charge in [0, 0.05) is 36.7 Å². The summed E-state index contributed by atoms with van der Waals surface area (Å²) in [5.41, 5.74) is 0. The molecule has 5 nitrogen and oxygen atoms in total. The fourth-order valence-electron chi connectivity index (χ4n) is 0.888. The van der Waals surface area contributed by atoms with Crippen LogP contribution in [0.1, 0.15) is 39.0 Å². The zero-order chi connectivity index (χ0) is 10.7. The summed E-state index contributed by atoms with van der Waals surface area (Å²) in [6, 6.07) is 0. The maximum absolute atomic E-state index is 10.2. The largest absolute Gasteiger partial charge is 0.412 e. The smallest absolute Gasteiger partial charge is 0.264 e. The molecular formula is C8H22NaO5S. The van der Waals surface area contributed by atoms with Crippen LogP contribution in [0.25, 0.3) is 0 Å². The van der Waals surface area contributed by atoms with Gasteiger partial charge in [-0.25, -0.2) is 0 Å². The van der Waals surface area contributed by atoms with Crippen LogP contribution in [0.4, 0.5) is 0 Å². The molecule has 0 aliphatic rings. The van der Waals surface area contributed by atoms with Crippen LogP contribution in [0.5, 0.6) is 0 Å². The summed E-state index contributed by atoms with van der Waals surface area (Å²) < 4.78 is 28.8. The van der Waals surface area contributed by atoms with Crippen LogP contribution in [0, 0.1) is 0 Å². The van der Waals surface area contributed by atoms with E-state index in [0.29, 0.717) is 6.42 Å². The van der Waals surface area contributed by atoms with Crippen molar-refractivity contribution < 1.29 is 23.6 Å². The van der Waals surface area contributed by atoms with Crippen molar-refractivity contribution in [2.75, 3.05) is 12.9 Å². The van der Waals surface area contributed by atoms with Crippen molar-refractivity contribution in [3.05, 3.63) is 0 Å². The molecule has 0 heterocycles. The number of unbranched alkanes of at least 4 members (excludes halogenated alkanes) is 4. The molecule has 0 aliphatic heterocycles. The van der Waals surface area contributed by atoms with Gasteiger partial charge in [0.15, 0.2) is 0 Å². The third-order valence-electron chi connectivity index (χ3n) is 1.51. The molecule has 0 bridgehead atoms. The van der Waals surface area contributed by atoms with Crippen LogP contribution in [-0.2, 0) is 10.1 Å². The van der Waals surface area contributed by atoms with E-state index in [2.05, 4.69) is 6.92 Å². The second-order valence-electron chi connectivity index (χ2n) is 2.70. The van der Waals surface area contributed by atoms with Crippen molar-refractivity contribution in [3.8, 4) is 0 Å². The first-order valence-corrected chi connectivity index (χ1v) is 6.07. The van der Waals surface area contributed by atoms with Gasteiger partial charge < -0.3 is 10.6 Å². The van der Waals surface area contributed by atoms with E-state index in [1.807, 2.05) is 0 Å². The van der Waals surface area contributed by atoms with Crippen molar-refractivity contribution in [1.82, 2.24) is 0 Å². The summed E-state index contributed by atoms with van der Waals surface area (Å²) >= 11 is 0. The monoisotopic (exact) mass is 253 g/mol. The Hall–Kier alpha value is 0.830. The standard InChI is InChI=1S/C7H16O3S.CH4O.Na.H2O/c1-2-3-4-5-6-7-11(8,9)10;1-2;;/h2-7H2,1H3,(H,8,9,10);2H,1H3;;1H2. The van der Waals surface area contributed by atoms with E-state index in [1.54, 1.807) is 0 Å². The van der Waals surface area contributed by atoms with Crippen molar-refractivity contribution in [2.45, 2.75) is 39.0 Å². The molecule has 0 amide bonds. The normalized spacial score (nSPS) is 9.07. The summed E-state index contributed by atoms with van der Waals surface area (Å²) in [6.07, 6.45) is 4.83. The summed E-state index contributed by atoms with van der Waals surface area (Å²) in [6.45, 7) is 2.10. The Morgan fingerprint density at radius 1 is 1.00 bits per heavy atom. The van der Waals surface area contributed by atoms with Gasteiger partial charge in [0.2, 0.25) is 0 Å². The van der Waals surface area contributed by atoms with Crippen molar-refractivity contribution in [2.24, 2.45) is 0 Å². The molecule has 7 heteroatoms. The topological polar surface area (TPSA) is 106 Å². The van der Waals surface area contributed by atoms with Crippen LogP contribution in [0.3, 0.4) is 0 Å². The SMILES string of the molecule is CCCCCCCS(=O)(=O)O.CO.O.[Na]. The Morgan fingerprint density at radius 3 is 1.73 bits per heavy atom. The molecule has 1 radical (unpaired) electrons. The number of aliphatic hydroxyl groups is 1. The molecule has 0 aromatic carbocycles. The third-order valence-corrected chi connectivity index (χ3v) is 2.31. The van der Waals surface area contributed by atoms with Gasteiger partial charge in [-0.3, -0.25) is 4.55 Å². The van der Waals surface area contributed by atoms with E-state index in [0.717, 1.165) is 32.8 Å². The van der Waals surface area contributed by atoms with E-state index in [9.17, 15) is 8.42 Å². The van der Waals surface area contributed by atoms with E-state index in [1.165, 1.54) is 0 Å². The zero-order valence-corrected chi connectivity index (χ0v) is 12.7. The Morgan fingerprint density at radius 2 is 1.40 bits per heavy atom. The fraction of sp³-hybridized carbons (Fsp3) is 1.00. The first-order valence-electron chi connectivity index (χ1n) is 4.46. The quantitative estimate of drug-likeness (QED) is 0.402. The Kier molecular flexibility index (Phi) is 28.6. The summed E-state index contributed by atoms with van der Waals surface area (Å²) in [5, 5.41) is 7.00. The minimum Gasteiger partial charge on any atom is -0.412 e. The number of hydrogen-bond donors (Lipinski definition) is 2. The summed E-state index contributed by atoms with van der Waals surface area (Å²) in [7, 11) is -2.71. The van der Waals surface area contributed by atoms with Gasteiger partial charge in [-0.15, -0.1) is 0 Å². The van der Waals surface area contributed by atoms with Crippen LogP contribution >= 0.6 is 0 Å². The minimum absolute atomic E-state index is 0. The fourth-order valence-corrected chi connectivity index (χ4v) is 1.46. The number of rotatable bonds is 6. The second kappa shape index (κ2) is 17.2. The number of aliphatic hydroxyl groups excluding tert-OH is 1. The molecule has 0 aromatic rings. The summed E-state index contributed by atoms with van der Waals surface area (Å²) in [4.78, 5) is 0. The molecule has 4 N–H and O–H groups in total.